The Morgan fingerprint density at radius 1 is 1.14 bits per heavy atom. The molecule has 0 amide bonds. The maximum Gasteiger partial charge on any atom is 0.244 e. The van der Waals surface area contributed by atoms with Crippen LogP contribution in [0.3, 0.4) is 0 Å². The number of aromatic nitrogens is 2. The summed E-state index contributed by atoms with van der Waals surface area (Å²) in [7, 11) is 0. The molecule has 3 N–H and O–H groups in total. The molecule has 0 radical (unpaired) electrons. The molecule has 28 heavy (non-hydrogen) atoms. The van der Waals surface area contributed by atoms with Crippen LogP contribution >= 0.6 is 0 Å². The lowest BCUT2D eigenvalue weighted by atomic mass is 9.82. The average Bonchev–Trinajstić information content (AvgIpc) is 3.11. The molecule has 0 unspecified atom stereocenters. The maximum atomic E-state index is 9.85. The van der Waals surface area contributed by atoms with E-state index in [1.54, 1.807) is 0 Å². The Morgan fingerprint density at radius 2 is 1.86 bits per heavy atom. The van der Waals surface area contributed by atoms with Gasteiger partial charge in [0.15, 0.2) is 0 Å². The largest absolute Gasteiger partial charge is 0.491 e. The molecular formula is C22H20N4O2. The minimum atomic E-state index is -0.447. The molecule has 6 heteroatoms. The number of nitriles is 1. The third-order valence-corrected chi connectivity index (χ3v) is 4.59. The van der Waals surface area contributed by atoms with Gasteiger partial charge in [-0.1, -0.05) is 48.5 Å². The van der Waals surface area contributed by atoms with Crippen molar-refractivity contribution in [2.75, 3.05) is 0 Å². The summed E-state index contributed by atoms with van der Waals surface area (Å²) in [6.45, 7) is 3.93. The Kier molecular flexibility index (Phi) is 4.50. The molecule has 1 atom stereocenters. The Morgan fingerprint density at radius 3 is 2.57 bits per heavy atom. The molecule has 4 rings (SSSR count). The van der Waals surface area contributed by atoms with Gasteiger partial charge in [-0.25, -0.2) is 0 Å². The molecule has 6 nitrogen and oxygen atoms in total. The highest BCUT2D eigenvalue weighted by Crippen LogP contribution is 2.47. The lowest BCUT2D eigenvalue weighted by Gasteiger charge is -2.26. The first-order valence-corrected chi connectivity index (χ1v) is 9.07. The first kappa shape index (κ1) is 17.7. The molecule has 0 saturated carbocycles. The van der Waals surface area contributed by atoms with E-state index in [0.717, 1.165) is 22.4 Å². The fourth-order valence-corrected chi connectivity index (χ4v) is 3.46. The van der Waals surface area contributed by atoms with Crippen molar-refractivity contribution in [2.45, 2.75) is 25.9 Å². The minimum absolute atomic E-state index is 0.00901. The number of nitrogens with one attached hydrogen (secondary N) is 1. The Labute approximate surface area is 163 Å². The van der Waals surface area contributed by atoms with E-state index in [2.05, 4.69) is 16.3 Å². The minimum Gasteiger partial charge on any atom is -0.491 e. The number of benzene rings is 2. The van der Waals surface area contributed by atoms with E-state index in [1.165, 1.54) is 0 Å². The van der Waals surface area contributed by atoms with Crippen LogP contribution < -0.4 is 15.2 Å². The van der Waals surface area contributed by atoms with Crippen LogP contribution in [-0.2, 0) is 0 Å². The van der Waals surface area contributed by atoms with Gasteiger partial charge >= 0.3 is 0 Å². The number of H-pyrrole nitrogens is 1. The predicted octanol–water partition coefficient (Wildman–Crippen LogP) is 4.08. The molecule has 0 bridgehead atoms. The van der Waals surface area contributed by atoms with Crippen LogP contribution in [0.1, 0.15) is 30.9 Å². The number of para-hydroxylation sites is 1. The second-order valence-electron chi connectivity index (χ2n) is 6.81. The Bertz CT molecular complexity index is 1080. The van der Waals surface area contributed by atoms with Crippen LogP contribution in [0.15, 0.2) is 66.1 Å². The number of nitrogens with two attached hydrogens (primary N) is 1. The number of nitrogens with zero attached hydrogens (tertiary/aromatic N) is 2. The van der Waals surface area contributed by atoms with Gasteiger partial charge in [0.2, 0.25) is 11.8 Å². The molecule has 2 aromatic carbocycles. The Balaban J connectivity index is 1.95. The molecule has 3 aromatic rings. The van der Waals surface area contributed by atoms with Crippen molar-refractivity contribution in [3.8, 4) is 29.0 Å². The van der Waals surface area contributed by atoms with E-state index in [0.29, 0.717) is 17.2 Å². The fraction of sp³-hybridized carbons (Fsp3) is 0.182. The molecule has 0 spiro atoms. The standard InChI is InChI=1S/C22H20N4O2/c1-13(2)27-17-11-7-6-10-15(17)18-16(12-23)21(24)28-22-19(18)20(25-26-22)14-8-4-3-5-9-14/h3-11,13,18H,24H2,1-2H3,(H,25,26)/t18-/m0/s1. The highest BCUT2D eigenvalue weighted by Gasteiger charge is 2.37. The number of hydrogen-bond donors (Lipinski definition) is 2. The molecule has 140 valence electrons. The zero-order valence-corrected chi connectivity index (χ0v) is 15.6. The van der Waals surface area contributed by atoms with Crippen LogP contribution in [0, 0.1) is 11.3 Å². The van der Waals surface area contributed by atoms with E-state index < -0.39 is 5.92 Å². The third kappa shape index (κ3) is 2.97. The van der Waals surface area contributed by atoms with Crippen LogP contribution in [0.5, 0.6) is 11.6 Å². The lowest BCUT2D eigenvalue weighted by Crippen LogP contribution is -2.21. The number of aromatic amines is 1. The molecular weight excluding hydrogens is 352 g/mol. The van der Waals surface area contributed by atoms with Gasteiger partial charge in [-0.05, 0) is 25.5 Å². The molecule has 0 saturated heterocycles. The van der Waals surface area contributed by atoms with Crippen LogP contribution in [0.25, 0.3) is 11.3 Å². The SMILES string of the molecule is CC(C)Oc1ccccc1[C@H]1C(C#N)=C(N)Oc2n[nH]c(-c3ccccc3)c21. The van der Waals surface area contributed by atoms with Gasteiger partial charge in [-0.2, -0.15) is 5.26 Å². The zero-order valence-electron chi connectivity index (χ0n) is 15.6. The van der Waals surface area contributed by atoms with Gasteiger partial charge < -0.3 is 15.2 Å². The normalized spacial score (nSPS) is 15.7. The van der Waals surface area contributed by atoms with Crippen molar-refractivity contribution in [3.05, 3.63) is 77.2 Å². The van der Waals surface area contributed by atoms with Crippen LogP contribution in [0.4, 0.5) is 0 Å². The first-order valence-electron chi connectivity index (χ1n) is 9.07. The summed E-state index contributed by atoms with van der Waals surface area (Å²) < 4.78 is 11.7. The van der Waals surface area contributed by atoms with Crippen molar-refractivity contribution in [1.29, 1.82) is 5.26 Å². The van der Waals surface area contributed by atoms with Gasteiger partial charge in [0.1, 0.15) is 17.4 Å². The molecule has 2 heterocycles. The molecule has 1 aliphatic heterocycles. The van der Waals surface area contributed by atoms with E-state index in [-0.39, 0.29) is 12.0 Å². The van der Waals surface area contributed by atoms with Gasteiger partial charge in [-0.3, -0.25) is 5.10 Å². The number of rotatable bonds is 4. The fourth-order valence-electron chi connectivity index (χ4n) is 3.46. The van der Waals surface area contributed by atoms with Crippen molar-refractivity contribution in [3.63, 3.8) is 0 Å². The maximum absolute atomic E-state index is 9.85. The van der Waals surface area contributed by atoms with Crippen molar-refractivity contribution >= 4 is 0 Å². The summed E-state index contributed by atoms with van der Waals surface area (Å²) in [5.74, 6) is 0.693. The van der Waals surface area contributed by atoms with E-state index in [9.17, 15) is 5.26 Å². The summed E-state index contributed by atoms with van der Waals surface area (Å²) in [5.41, 5.74) is 9.77. The van der Waals surface area contributed by atoms with Gasteiger partial charge in [-0.15, -0.1) is 5.10 Å². The summed E-state index contributed by atoms with van der Waals surface area (Å²) in [5, 5.41) is 17.2. The predicted molar refractivity (Wildman–Crippen MR) is 106 cm³/mol. The van der Waals surface area contributed by atoms with E-state index >= 15 is 0 Å². The third-order valence-electron chi connectivity index (χ3n) is 4.59. The highest BCUT2D eigenvalue weighted by atomic mass is 16.5. The highest BCUT2D eigenvalue weighted by molar-refractivity contribution is 5.71. The summed E-state index contributed by atoms with van der Waals surface area (Å²) in [4.78, 5) is 0. The molecule has 1 aliphatic rings. The Hall–Kier alpha value is -3.72. The second kappa shape index (κ2) is 7.12. The smallest absolute Gasteiger partial charge is 0.244 e. The monoisotopic (exact) mass is 372 g/mol. The number of fused-ring (bicyclic) bond motifs is 1. The topological polar surface area (TPSA) is 96.9 Å². The van der Waals surface area contributed by atoms with Gasteiger partial charge in [0.05, 0.1) is 23.3 Å². The molecule has 1 aromatic heterocycles. The first-order chi connectivity index (χ1) is 13.6. The number of hydrogen-bond acceptors (Lipinski definition) is 5. The van der Waals surface area contributed by atoms with Crippen LogP contribution in [-0.4, -0.2) is 16.3 Å². The van der Waals surface area contributed by atoms with Crippen molar-refractivity contribution in [1.82, 2.24) is 10.2 Å². The number of allylic oxidation sites excluding steroid dienone is 1. The quantitative estimate of drug-likeness (QED) is 0.719. The van der Waals surface area contributed by atoms with Crippen LogP contribution in [0.2, 0.25) is 0 Å². The second-order valence-corrected chi connectivity index (χ2v) is 6.81. The molecule has 0 aliphatic carbocycles. The average molecular weight is 372 g/mol. The van der Waals surface area contributed by atoms with Gasteiger partial charge in [0.25, 0.3) is 0 Å². The zero-order chi connectivity index (χ0) is 19.7. The van der Waals surface area contributed by atoms with E-state index in [4.69, 9.17) is 15.2 Å². The lowest BCUT2D eigenvalue weighted by molar-refractivity contribution is 0.239. The number of ether oxygens (including phenoxy) is 2. The van der Waals surface area contributed by atoms with Gasteiger partial charge in [0, 0.05) is 5.56 Å². The molecule has 0 fully saturated rings. The summed E-state index contributed by atoms with van der Waals surface area (Å²) in [6, 6.07) is 19.7. The van der Waals surface area contributed by atoms with Crippen molar-refractivity contribution < 1.29 is 9.47 Å². The summed E-state index contributed by atoms with van der Waals surface area (Å²) in [6.07, 6.45) is -0.00901. The van der Waals surface area contributed by atoms with E-state index in [1.807, 2.05) is 68.4 Å². The van der Waals surface area contributed by atoms with Crippen molar-refractivity contribution in [2.24, 2.45) is 5.73 Å². The summed E-state index contributed by atoms with van der Waals surface area (Å²) >= 11 is 0.